The maximum atomic E-state index is 13.7. The molecule has 0 radical (unpaired) electrons. The number of benzene rings is 2. The molecule has 1 saturated heterocycles. The molecule has 1 amide bonds. The quantitative estimate of drug-likeness (QED) is 0.689. The number of carbonyl (C=O) groups excluding carboxylic acids is 1. The highest BCUT2D eigenvalue weighted by Gasteiger charge is 2.18. The Hall–Kier alpha value is -2.45. The van der Waals surface area contributed by atoms with Gasteiger partial charge >= 0.3 is 0 Å². The Balaban J connectivity index is 1.57. The number of likely N-dealkylation sites (tertiary alicyclic amines) is 1. The summed E-state index contributed by atoms with van der Waals surface area (Å²) in [6, 6.07) is 11.1. The lowest BCUT2D eigenvalue weighted by Crippen LogP contribution is -2.34. The molecule has 2 N–H and O–H groups in total. The molecular formula is C21H26FN3O3S. The second-order valence-corrected chi connectivity index (χ2v) is 9.12. The van der Waals surface area contributed by atoms with Crippen LogP contribution < -0.4 is 10.0 Å². The van der Waals surface area contributed by atoms with E-state index >= 15 is 0 Å². The lowest BCUT2D eigenvalue weighted by molar-refractivity contribution is 0.0945. The minimum atomic E-state index is -3.94. The fraction of sp³-hybridized carbons (Fsp3) is 0.381. The van der Waals surface area contributed by atoms with Gasteiger partial charge in [0.1, 0.15) is 5.82 Å². The fourth-order valence-corrected chi connectivity index (χ4v) is 4.44. The molecule has 0 spiro atoms. The van der Waals surface area contributed by atoms with Crippen molar-refractivity contribution in [3.8, 4) is 0 Å². The molecule has 1 heterocycles. The molecule has 1 fully saturated rings. The molecule has 0 aromatic heterocycles. The summed E-state index contributed by atoms with van der Waals surface area (Å²) in [6.07, 6.45) is 2.47. The highest BCUT2D eigenvalue weighted by atomic mass is 32.2. The molecule has 8 heteroatoms. The maximum Gasteiger partial charge on any atom is 0.261 e. The third-order valence-electron chi connectivity index (χ3n) is 4.92. The Morgan fingerprint density at radius 3 is 2.41 bits per heavy atom. The van der Waals surface area contributed by atoms with Crippen molar-refractivity contribution in [1.82, 2.24) is 10.2 Å². The van der Waals surface area contributed by atoms with E-state index in [0.29, 0.717) is 18.0 Å². The first-order valence-corrected chi connectivity index (χ1v) is 11.2. The summed E-state index contributed by atoms with van der Waals surface area (Å²) < 4.78 is 40.8. The van der Waals surface area contributed by atoms with Crippen molar-refractivity contribution < 1.29 is 17.6 Å². The number of rotatable bonds is 8. The molecule has 0 aliphatic carbocycles. The van der Waals surface area contributed by atoms with Gasteiger partial charge in [0, 0.05) is 18.7 Å². The van der Waals surface area contributed by atoms with Gasteiger partial charge < -0.3 is 10.2 Å². The molecule has 156 valence electrons. The molecule has 2 aromatic carbocycles. The Morgan fingerprint density at radius 1 is 1.10 bits per heavy atom. The van der Waals surface area contributed by atoms with Crippen LogP contribution in [0.25, 0.3) is 0 Å². The van der Waals surface area contributed by atoms with E-state index < -0.39 is 15.8 Å². The van der Waals surface area contributed by atoms with Crippen molar-refractivity contribution in [2.24, 2.45) is 5.92 Å². The number of sulfonamides is 1. The first kappa shape index (κ1) is 21.3. The van der Waals surface area contributed by atoms with Crippen molar-refractivity contribution in [3.05, 3.63) is 59.9 Å². The van der Waals surface area contributed by atoms with Crippen LogP contribution >= 0.6 is 0 Å². The number of nitrogens with one attached hydrogen (secondary N) is 2. The topological polar surface area (TPSA) is 78.5 Å². The molecule has 2 aromatic rings. The van der Waals surface area contributed by atoms with Gasteiger partial charge in [0.15, 0.2) is 0 Å². The van der Waals surface area contributed by atoms with Gasteiger partial charge in [-0.3, -0.25) is 9.52 Å². The molecule has 29 heavy (non-hydrogen) atoms. The van der Waals surface area contributed by atoms with Gasteiger partial charge in [0.25, 0.3) is 15.9 Å². The molecular weight excluding hydrogens is 393 g/mol. The first-order chi connectivity index (χ1) is 13.8. The number of halogens is 1. The van der Waals surface area contributed by atoms with Crippen LogP contribution in [0.4, 0.5) is 10.1 Å². The van der Waals surface area contributed by atoms with E-state index in [1.54, 1.807) is 6.07 Å². The van der Waals surface area contributed by atoms with Crippen LogP contribution in [0.3, 0.4) is 0 Å². The number of carbonyl (C=O) groups is 1. The van der Waals surface area contributed by atoms with Crippen molar-refractivity contribution >= 4 is 21.6 Å². The molecule has 1 aliphatic rings. The fourth-order valence-electron chi connectivity index (χ4n) is 3.37. The number of amides is 1. The number of nitrogens with zero attached hydrogens (tertiary/aromatic N) is 1. The average Bonchev–Trinajstić information content (AvgIpc) is 3.21. The zero-order valence-corrected chi connectivity index (χ0v) is 17.2. The van der Waals surface area contributed by atoms with Crippen LogP contribution in [0, 0.1) is 11.7 Å². The number of anilines is 1. The van der Waals surface area contributed by atoms with E-state index in [4.69, 9.17) is 0 Å². The predicted molar refractivity (Wildman–Crippen MR) is 111 cm³/mol. The zero-order chi connectivity index (χ0) is 20.9. The van der Waals surface area contributed by atoms with Crippen LogP contribution in [0.15, 0.2) is 53.4 Å². The highest BCUT2D eigenvalue weighted by molar-refractivity contribution is 7.92. The van der Waals surface area contributed by atoms with Gasteiger partial charge in [-0.1, -0.05) is 19.1 Å². The normalized spacial score (nSPS) is 15.8. The van der Waals surface area contributed by atoms with Crippen LogP contribution in [0.5, 0.6) is 0 Å². The average molecular weight is 420 g/mol. The highest BCUT2D eigenvalue weighted by Crippen LogP contribution is 2.19. The molecule has 6 nitrogen and oxygen atoms in total. The van der Waals surface area contributed by atoms with E-state index in [1.807, 2.05) is 0 Å². The summed E-state index contributed by atoms with van der Waals surface area (Å²) in [5, 5.41) is 2.90. The van der Waals surface area contributed by atoms with Gasteiger partial charge in [-0.2, -0.15) is 0 Å². The molecule has 1 aliphatic heterocycles. The van der Waals surface area contributed by atoms with Crippen LogP contribution in [-0.2, 0) is 10.0 Å². The van der Waals surface area contributed by atoms with Gasteiger partial charge in [-0.05, 0) is 68.2 Å². The summed E-state index contributed by atoms with van der Waals surface area (Å²) in [7, 11) is -3.94. The van der Waals surface area contributed by atoms with Crippen LogP contribution in [0.2, 0.25) is 0 Å². The van der Waals surface area contributed by atoms with Crippen molar-refractivity contribution in [1.29, 1.82) is 0 Å². The first-order valence-electron chi connectivity index (χ1n) is 9.73. The van der Waals surface area contributed by atoms with E-state index in [0.717, 1.165) is 19.6 Å². The van der Waals surface area contributed by atoms with Gasteiger partial charge in [-0.15, -0.1) is 0 Å². The molecule has 0 bridgehead atoms. The Bertz CT molecular complexity index is 942. The monoisotopic (exact) mass is 419 g/mol. The van der Waals surface area contributed by atoms with Crippen molar-refractivity contribution in [2.45, 2.75) is 24.7 Å². The van der Waals surface area contributed by atoms with Crippen LogP contribution in [-0.4, -0.2) is 45.4 Å². The summed E-state index contributed by atoms with van der Waals surface area (Å²) in [5.41, 5.74) is 0.254. The van der Waals surface area contributed by atoms with E-state index in [1.165, 1.54) is 55.3 Å². The summed E-state index contributed by atoms with van der Waals surface area (Å²) in [4.78, 5) is 14.7. The van der Waals surface area contributed by atoms with E-state index in [9.17, 15) is 17.6 Å². The van der Waals surface area contributed by atoms with Gasteiger partial charge in [-0.25, -0.2) is 12.8 Å². The zero-order valence-electron chi connectivity index (χ0n) is 16.4. The summed E-state index contributed by atoms with van der Waals surface area (Å²) in [5.74, 6) is -0.568. The predicted octanol–water partition coefficient (Wildman–Crippen LogP) is 3.09. The molecule has 1 unspecified atom stereocenters. The third-order valence-corrected chi connectivity index (χ3v) is 6.31. The van der Waals surface area contributed by atoms with Crippen molar-refractivity contribution in [2.75, 3.05) is 30.9 Å². The van der Waals surface area contributed by atoms with E-state index in [-0.39, 0.29) is 16.5 Å². The molecule has 0 saturated carbocycles. The maximum absolute atomic E-state index is 13.7. The lowest BCUT2D eigenvalue weighted by Gasteiger charge is -2.20. The second-order valence-electron chi connectivity index (χ2n) is 7.43. The van der Waals surface area contributed by atoms with E-state index in [2.05, 4.69) is 21.9 Å². The minimum absolute atomic E-state index is 0.0419. The van der Waals surface area contributed by atoms with Crippen molar-refractivity contribution in [3.63, 3.8) is 0 Å². The number of hydrogen-bond donors (Lipinski definition) is 2. The lowest BCUT2D eigenvalue weighted by atomic mass is 10.1. The largest absolute Gasteiger partial charge is 0.352 e. The smallest absolute Gasteiger partial charge is 0.261 e. The third kappa shape index (κ3) is 5.77. The number of para-hydroxylation sites is 1. The second kappa shape index (κ2) is 9.37. The Morgan fingerprint density at radius 2 is 1.76 bits per heavy atom. The Labute approximate surface area is 171 Å². The molecule has 3 rings (SSSR count). The summed E-state index contributed by atoms with van der Waals surface area (Å²) in [6.45, 7) is 5.86. The van der Waals surface area contributed by atoms with Crippen LogP contribution in [0.1, 0.15) is 30.1 Å². The Kier molecular flexibility index (Phi) is 6.87. The number of hydrogen-bond acceptors (Lipinski definition) is 4. The minimum Gasteiger partial charge on any atom is -0.352 e. The SMILES string of the molecule is CC(CNC(=O)c1ccc(S(=O)(=O)Nc2ccccc2F)cc1)CN1CCCC1. The summed E-state index contributed by atoms with van der Waals surface area (Å²) >= 11 is 0. The molecule has 1 atom stereocenters. The standard InChI is InChI=1S/C21H26FN3O3S/c1-16(15-25-12-4-5-13-25)14-23-21(26)17-8-10-18(11-9-17)29(27,28)24-20-7-3-2-6-19(20)22/h2-3,6-11,16,24H,4-5,12-15H2,1H3,(H,23,26). The van der Waals surface area contributed by atoms with Gasteiger partial charge in [0.05, 0.1) is 10.6 Å². The van der Waals surface area contributed by atoms with Gasteiger partial charge in [0.2, 0.25) is 0 Å².